The van der Waals surface area contributed by atoms with Crippen molar-refractivity contribution in [2.45, 2.75) is 71.6 Å². The van der Waals surface area contributed by atoms with E-state index in [1.807, 2.05) is 0 Å². The fourth-order valence-electron chi connectivity index (χ4n) is 4.52. The maximum absolute atomic E-state index is 5.17. The van der Waals surface area contributed by atoms with Crippen LogP contribution >= 0.6 is 0 Å². The Labute approximate surface area is 169 Å². The van der Waals surface area contributed by atoms with Gasteiger partial charge in [-0.2, -0.15) is 0 Å². The monoisotopic (exact) mass is 373 g/mol. The minimum atomic E-state index is 0.123. The minimum absolute atomic E-state index is 0.123. The molecule has 0 radical (unpaired) electrons. The number of benzene rings is 2. The first-order valence-electron chi connectivity index (χ1n) is 10.7. The lowest BCUT2D eigenvalue weighted by Gasteiger charge is -2.21. The highest BCUT2D eigenvalue weighted by Gasteiger charge is 2.24. The lowest BCUT2D eigenvalue weighted by Crippen LogP contribution is -2.32. The summed E-state index contributed by atoms with van der Waals surface area (Å²) in [6.45, 7) is 11.3. The summed E-state index contributed by atoms with van der Waals surface area (Å²) in [5.41, 5.74) is 7.99. The molecule has 1 aromatic heterocycles. The third-order valence-electron chi connectivity index (χ3n) is 6.55. The predicted octanol–water partition coefficient (Wildman–Crippen LogP) is 6.30. The van der Waals surface area contributed by atoms with Crippen molar-refractivity contribution in [3.63, 3.8) is 0 Å². The van der Waals surface area contributed by atoms with Crippen LogP contribution in [0, 0.1) is 13.8 Å². The highest BCUT2D eigenvalue weighted by molar-refractivity contribution is 5.79. The number of rotatable bonds is 2. The molecule has 0 N–H and O–H groups in total. The van der Waals surface area contributed by atoms with Gasteiger partial charge in [-0.15, -0.1) is 0 Å². The number of hydrogen-bond acceptors (Lipinski definition) is 1. The van der Waals surface area contributed by atoms with Gasteiger partial charge in [-0.1, -0.05) is 45.7 Å². The second kappa shape index (κ2) is 6.99. The van der Waals surface area contributed by atoms with Crippen molar-refractivity contribution in [1.82, 2.24) is 4.98 Å². The van der Waals surface area contributed by atoms with Gasteiger partial charge in [0.25, 0.3) is 0 Å². The van der Waals surface area contributed by atoms with E-state index in [1.165, 1.54) is 58.9 Å². The second-order valence-corrected chi connectivity index (χ2v) is 9.69. The Balaban J connectivity index is 1.88. The van der Waals surface area contributed by atoms with Crippen LogP contribution in [0.25, 0.3) is 22.3 Å². The summed E-state index contributed by atoms with van der Waals surface area (Å²) in [6, 6.07) is 11.6. The highest BCUT2D eigenvalue weighted by Crippen LogP contribution is 2.35. The van der Waals surface area contributed by atoms with Gasteiger partial charge >= 0.3 is 5.82 Å². The minimum Gasteiger partial charge on any atom is -0.232 e. The number of hydrogen-bond donors (Lipinski definition) is 0. The lowest BCUT2D eigenvalue weighted by atomic mass is 9.83. The molecular formula is C26H33N2+. The molecule has 0 amide bonds. The largest absolute Gasteiger partial charge is 0.331 e. The topological polar surface area (TPSA) is 16.8 Å². The van der Waals surface area contributed by atoms with Crippen LogP contribution < -0.4 is 4.57 Å². The molecular weight excluding hydrogens is 340 g/mol. The van der Waals surface area contributed by atoms with Crippen molar-refractivity contribution in [3.05, 3.63) is 58.8 Å². The molecule has 0 aliphatic heterocycles. The van der Waals surface area contributed by atoms with E-state index in [0.717, 1.165) is 17.3 Å². The molecule has 0 spiro atoms. The molecule has 1 aliphatic rings. The summed E-state index contributed by atoms with van der Waals surface area (Å²) in [5.74, 6) is 1.78. The predicted molar refractivity (Wildman–Crippen MR) is 118 cm³/mol. The zero-order valence-electron chi connectivity index (χ0n) is 18.3. The molecule has 1 saturated carbocycles. The van der Waals surface area contributed by atoms with Gasteiger partial charge in [-0.25, -0.2) is 4.57 Å². The van der Waals surface area contributed by atoms with E-state index in [1.54, 1.807) is 0 Å². The Morgan fingerprint density at radius 3 is 2.39 bits per heavy atom. The lowest BCUT2D eigenvalue weighted by molar-refractivity contribution is -0.661. The first-order valence-corrected chi connectivity index (χ1v) is 10.7. The van der Waals surface area contributed by atoms with Crippen molar-refractivity contribution in [3.8, 4) is 11.4 Å². The van der Waals surface area contributed by atoms with E-state index >= 15 is 0 Å². The quantitative estimate of drug-likeness (QED) is 0.482. The van der Waals surface area contributed by atoms with Crippen molar-refractivity contribution in [2.75, 3.05) is 0 Å². The zero-order valence-corrected chi connectivity index (χ0v) is 18.3. The molecule has 0 atom stereocenters. The number of nitrogens with zero attached hydrogens (tertiary/aromatic N) is 2. The van der Waals surface area contributed by atoms with Crippen LogP contribution in [-0.4, -0.2) is 4.98 Å². The van der Waals surface area contributed by atoms with E-state index in [2.05, 4.69) is 82.8 Å². The van der Waals surface area contributed by atoms with Crippen molar-refractivity contribution in [2.24, 2.45) is 7.05 Å². The summed E-state index contributed by atoms with van der Waals surface area (Å²) in [6.07, 6.45) is 7.61. The molecule has 1 fully saturated rings. The van der Waals surface area contributed by atoms with Gasteiger partial charge in [0, 0.05) is 0 Å². The fraction of sp³-hybridized carbons (Fsp3) is 0.462. The summed E-state index contributed by atoms with van der Waals surface area (Å²) in [7, 11) is 2.12. The van der Waals surface area contributed by atoms with Crippen LogP contribution in [-0.2, 0) is 12.5 Å². The van der Waals surface area contributed by atoms with E-state index in [9.17, 15) is 0 Å². The number of fused-ring (bicyclic) bond motifs is 1. The molecule has 0 saturated heterocycles. The Hall–Kier alpha value is -2.22. The van der Waals surface area contributed by atoms with E-state index < -0.39 is 0 Å². The molecule has 3 aromatic rings. The molecule has 2 aromatic carbocycles. The molecule has 1 aliphatic carbocycles. The zero-order chi connectivity index (χ0) is 20.1. The van der Waals surface area contributed by atoms with E-state index in [0.29, 0.717) is 0 Å². The number of aromatic nitrogens is 2. The average Bonchev–Trinajstić information content (AvgIpc) is 3.17. The van der Waals surface area contributed by atoms with Crippen LogP contribution in [0.5, 0.6) is 0 Å². The normalized spacial score (nSPS) is 15.5. The smallest absolute Gasteiger partial charge is 0.232 e. The van der Waals surface area contributed by atoms with Gasteiger partial charge in [-0.3, -0.25) is 0 Å². The molecule has 2 nitrogen and oxygen atoms in total. The molecule has 146 valence electrons. The van der Waals surface area contributed by atoms with E-state index in [4.69, 9.17) is 4.98 Å². The van der Waals surface area contributed by atoms with Gasteiger partial charge in [0.15, 0.2) is 5.52 Å². The fourth-order valence-corrected chi connectivity index (χ4v) is 4.52. The SMILES string of the molecule is Cc1cc(C(C)(C)C)cc(-c2nc3cc(C4CCCC4)ccc3c[n+]2C)c1C. The van der Waals surface area contributed by atoms with Crippen LogP contribution in [0.3, 0.4) is 0 Å². The Morgan fingerprint density at radius 1 is 1.00 bits per heavy atom. The molecule has 0 bridgehead atoms. The molecule has 4 rings (SSSR count). The maximum Gasteiger partial charge on any atom is 0.331 e. The van der Waals surface area contributed by atoms with Crippen molar-refractivity contribution >= 4 is 10.9 Å². The highest BCUT2D eigenvalue weighted by atomic mass is 15.0. The van der Waals surface area contributed by atoms with Crippen LogP contribution in [0.2, 0.25) is 0 Å². The number of aryl methyl sites for hydroxylation is 2. The van der Waals surface area contributed by atoms with E-state index in [-0.39, 0.29) is 5.41 Å². The summed E-state index contributed by atoms with van der Waals surface area (Å²) in [4.78, 5) is 5.17. The van der Waals surface area contributed by atoms with Crippen LogP contribution in [0.4, 0.5) is 0 Å². The first kappa shape index (κ1) is 19.1. The van der Waals surface area contributed by atoms with Crippen LogP contribution in [0.1, 0.15) is 74.6 Å². The molecule has 2 heteroatoms. The van der Waals surface area contributed by atoms with Gasteiger partial charge < -0.3 is 0 Å². The molecule has 0 unspecified atom stereocenters. The maximum atomic E-state index is 5.17. The summed E-state index contributed by atoms with van der Waals surface area (Å²) < 4.78 is 2.19. The van der Waals surface area contributed by atoms with Gasteiger partial charge in [-0.05, 0) is 83.5 Å². The third kappa shape index (κ3) is 3.45. The summed E-state index contributed by atoms with van der Waals surface area (Å²) >= 11 is 0. The van der Waals surface area contributed by atoms with Gasteiger partial charge in [0.2, 0.25) is 0 Å². The van der Waals surface area contributed by atoms with Crippen LogP contribution in [0.15, 0.2) is 36.5 Å². The van der Waals surface area contributed by atoms with Gasteiger partial charge in [0.1, 0.15) is 6.20 Å². The third-order valence-corrected chi connectivity index (χ3v) is 6.55. The Morgan fingerprint density at radius 2 is 1.71 bits per heavy atom. The first-order chi connectivity index (χ1) is 13.2. The molecule has 1 heterocycles. The van der Waals surface area contributed by atoms with Crippen molar-refractivity contribution < 1.29 is 4.57 Å². The standard InChI is InChI=1S/C26H33N2/c1-17-13-22(26(3,4)5)15-23(18(17)2)25-27-24-14-20(19-9-7-8-10-19)11-12-21(24)16-28(25)6/h11-16,19H,7-10H2,1-6H3/q+1. The average molecular weight is 374 g/mol. The Kier molecular flexibility index (Phi) is 4.77. The second-order valence-electron chi connectivity index (χ2n) is 9.69. The Bertz CT molecular complexity index is 1030. The van der Waals surface area contributed by atoms with Gasteiger partial charge in [0.05, 0.1) is 18.0 Å². The molecule has 28 heavy (non-hydrogen) atoms. The summed E-state index contributed by atoms with van der Waals surface area (Å²) in [5, 5.41) is 1.22. The van der Waals surface area contributed by atoms with Crippen molar-refractivity contribution in [1.29, 1.82) is 0 Å².